The van der Waals surface area contributed by atoms with Crippen LogP contribution in [0.5, 0.6) is 5.75 Å². The molecule has 0 spiro atoms. The maximum atomic E-state index is 9.38. The first-order valence-electron chi connectivity index (χ1n) is 25.1. The van der Waals surface area contributed by atoms with Crippen LogP contribution in [0.25, 0.3) is 0 Å². The molecule has 5 rings (SSSR count). The van der Waals surface area contributed by atoms with Gasteiger partial charge in [-0.25, -0.2) is 0 Å². The van der Waals surface area contributed by atoms with Crippen molar-refractivity contribution in [2.75, 3.05) is 0 Å². The van der Waals surface area contributed by atoms with E-state index in [0.717, 1.165) is 6.42 Å². The van der Waals surface area contributed by atoms with E-state index in [1.807, 2.05) is 26.0 Å². The van der Waals surface area contributed by atoms with Crippen molar-refractivity contribution >= 4 is 0 Å². The molecule has 0 aliphatic rings. The number of aryl methyl sites for hydroxylation is 12. The molecule has 0 radical (unpaired) electrons. The quantitative estimate of drug-likeness (QED) is 0.185. The third-order valence-corrected chi connectivity index (χ3v) is 12.7. The Labute approximate surface area is 415 Å². The standard InChI is InChI=1S/C14H22.C13H21N.2C13H20.C12H18O/c1-7-12-8-10(2)13(11(3)9-12)14(4,5)6;1-9-6-11(8-14)7-10(2)12(9)13(3,4)5;1-9-7-10(2)12(11(3)8-9)13(4,5)6;1-9-7-8-10(2)12(11(9)3)13(4,5)6;1-8-6-10(13)7-9(2)11(8)12(3,4)5/h8-9H,7H2,1-6H3;6-7H,8,14H2,1-5H3;2*7-8H,1-6H3;6-7,13H,1-5H3. The van der Waals surface area contributed by atoms with Gasteiger partial charge in [0.25, 0.3) is 0 Å². The molecule has 0 amide bonds. The summed E-state index contributed by atoms with van der Waals surface area (Å²) in [6.07, 6.45) is 1.13. The van der Waals surface area contributed by atoms with Gasteiger partial charge < -0.3 is 10.8 Å². The van der Waals surface area contributed by atoms with Gasteiger partial charge in [-0.3, -0.25) is 0 Å². The number of hydrogen-bond acceptors (Lipinski definition) is 2. The fourth-order valence-corrected chi connectivity index (χ4v) is 11.4. The van der Waals surface area contributed by atoms with Crippen LogP contribution in [0.4, 0.5) is 0 Å². The van der Waals surface area contributed by atoms with E-state index in [-0.39, 0.29) is 27.1 Å². The van der Waals surface area contributed by atoms with Crippen molar-refractivity contribution in [2.24, 2.45) is 5.73 Å². The highest BCUT2D eigenvalue weighted by Crippen LogP contribution is 2.34. The van der Waals surface area contributed by atoms with Crippen LogP contribution in [0.1, 0.15) is 216 Å². The summed E-state index contributed by atoms with van der Waals surface area (Å²) in [4.78, 5) is 0. The molecule has 0 bridgehead atoms. The Bertz CT molecular complexity index is 2170. The van der Waals surface area contributed by atoms with Crippen LogP contribution in [-0.2, 0) is 40.0 Å². The second-order valence-electron chi connectivity index (χ2n) is 24.9. The van der Waals surface area contributed by atoms with E-state index >= 15 is 0 Å². The number of nitrogens with two attached hydrogens (primary N) is 1. The Morgan fingerprint density at radius 2 is 0.597 bits per heavy atom. The predicted molar refractivity (Wildman–Crippen MR) is 301 cm³/mol. The lowest BCUT2D eigenvalue weighted by Gasteiger charge is -2.25. The van der Waals surface area contributed by atoms with E-state index in [0.29, 0.717) is 12.3 Å². The number of hydrogen-bond donors (Lipinski definition) is 2. The van der Waals surface area contributed by atoms with E-state index < -0.39 is 0 Å². The number of rotatable bonds is 2. The molecular formula is C65H101NO. The van der Waals surface area contributed by atoms with Gasteiger partial charge in [0, 0.05) is 6.54 Å². The average molecular weight is 913 g/mol. The molecule has 67 heavy (non-hydrogen) atoms. The first kappa shape index (κ1) is 60.9. The smallest absolute Gasteiger partial charge is 0.116 e. The van der Waals surface area contributed by atoms with Gasteiger partial charge in [-0.05, 0) is 229 Å². The molecule has 0 atom stereocenters. The van der Waals surface area contributed by atoms with Crippen LogP contribution >= 0.6 is 0 Å². The van der Waals surface area contributed by atoms with Crippen molar-refractivity contribution in [3.05, 3.63) is 166 Å². The van der Waals surface area contributed by atoms with E-state index in [4.69, 9.17) is 5.73 Å². The van der Waals surface area contributed by atoms with Gasteiger partial charge in [-0.2, -0.15) is 0 Å². The lowest BCUT2D eigenvalue weighted by molar-refractivity contribution is 0.472. The molecule has 0 unspecified atom stereocenters. The summed E-state index contributed by atoms with van der Waals surface area (Å²) in [6, 6.07) is 21.7. The molecule has 5 aromatic carbocycles. The van der Waals surface area contributed by atoms with Crippen LogP contribution in [0.15, 0.2) is 60.7 Å². The summed E-state index contributed by atoms with van der Waals surface area (Å²) in [7, 11) is 0. The summed E-state index contributed by atoms with van der Waals surface area (Å²) in [5.74, 6) is 0.364. The van der Waals surface area contributed by atoms with Gasteiger partial charge in [0.15, 0.2) is 0 Å². The van der Waals surface area contributed by atoms with E-state index in [9.17, 15) is 5.11 Å². The third kappa shape index (κ3) is 18.0. The van der Waals surface area contributed by atoms with Crippen molar-refractivity contribution in [3.63, 3.8) is 0 Å². The van der Waals surface area contributed by atoms with Crippen molar-refractivity contribution < 1.29 is 5.11 Å². The molecule has 2 nitrogen and oxygen atoms in total. The van der Waals surface area contributed by atoms with Gasteiger partial charge in [-0.1, -0.05) is 165 Å². The van der Waals surface area contributed by atoms with Gasteiger partial charge in [0.05, 0.1) is 0 Å². The Balaban J connectivity index is 0.000000419. The van der Waals surface area contributed by atoms with Crippen molar-refractivity contribution in [1.82, 2.24) is 0 Å². The summed E-state index contributed by atoms with van der Waals surface area (Å²) >= 11 is 0. The molecule has 0 aliphatic carbocycles. The van der Waals surface area contributed by atoms with E-state index in [2.05, 4.69) is 229 Å². The van der Waals surface area contributed by atoms with Gasteiger partial charge in [-0.15, -0.1) is 0 Å². The highest BCUT2D eigenvalue weighted by atomic mass is 16.3. The minimum Gasteiger partial charge on any atom is -0.508 e. The zero-order valence-corrected chi connectivity index (χ0v) is 48.7. The first-order valence-corrected chi connectivity index (χ1v) is 25.1. The third-order valence-electron chi connectivity index (χ3n) is 12.7. The monoisotopic (exact) mass is 912 g/mol. The van der Waals surface area contributed by atoms with E-state index in [1.54, 1.807) is 0 Å². The topological polar surface area (TPSA) is 46.2 Å². The van der Waals surface area contributed by atoms with Crippen molar-refractivity contribution in [1.29, 1.82) is 0 Å². The van der Waals surface area contributed by atoms with Crippen LogP contribution < -0.4 is 5.73 Å². The highest BCUT2D eigenvalue weighted by molar-refractivity contribution is 5.46. The average Bonchev–Trinajstić information content (AvgIpc) is 3.10. The van der Waals surface area contributed by atoms with Crippen LogP contribution in [-0.4, -0.2) is 5.11 Å². The number of phenols is 1. The predicted octanol–water partition coefficient (Wildman–Crippen LogP) is 18.3. The summed E-state index contributed by atoms with van der Waals surface area (Å²) in [5, 5.41) is 9.38. The molecule has 0 aromatic heterocycles. The Hall–Kier alpha value is -4.14. The zero-order valence-electron chi connectivity index (χ0n) is 48.7. The molecule has 372 valence electrons. The van der Waals surface area contributed by atoms with Crippen molar-refractivity contribution in [2.45, 2.75) is 234 Å². The minimum atomic E-state index is 0.155. The number of aromatic hydroxyl groups is 1. The maximum Gasteiger partial charge on any atom is 0.116 e. The van der Waals surface area contributed by atoms with Gasteiger partial charge >= 0.3 is 0 Å². The van der Waals surface area contributed by atoms with Gasteiger partial charge in [0.1, 0.15) is 5.75 Å². The van der Waals surface area contributed by atoms with Gasteiger partial charge in [0.2, 0.25) is 0 Å². The SMILES string of the molecule is CCc1cc(C)c(C(C)(C)C)c(C)c1.Cc1cc(C)c(C(C)(C)C)c(C)c1.Cc1cc(CN)cc(C)c1C(C)(C)C.Cc1cc(O)cc(C)c1C(C)(C)C.Cc1ccc(C)c(C(C)(C)C)c1C. The molecule has 2 heteroatoms. The largest absolute Gasteiger partial charge is 0.508 e. The molecular weight excluding hydrogens is 811 g/mol. The Kier molecular flexibility index (Phi) is 21.7. The van der Waals surface area contributed by atoms with E-state index in [1.165, 1.54) is 106 Å². The maximum absolute atomic E-state index is 9.38. The molecule has 3 N–H and O–H groups in total. The lowest BCUT2D eigenvalue weighted by atomic mass is 9.80. The fourth-order valence-electron chi connectivity index (χ4n) is 11.4. The van der Waals surface area contributed by atoms with Crippen LogP contribution in [0, 0.1) is 83.1 Å². The Morgan fingerprint density at radius 1 is 0.343 bits per heavy atom. The molecule has 0 heterocycles. The van der Waals surface area contributed by atoms with Crippen LogP contribution in [0.2, 0.25) is 0 Å². The zero-order chi connectivity index (χ0) is 52.5. The highest BCUT2D eigenvalue weighted by Gasteiger charge is 2.22. The molecule has 0 saturated heterocycles. The summed E-state index contributed by atoms with van der Waals surface area (Å²) < 4.78 is 0. The first-order chi connectivity index (χ1) is 30.2. The summed E-state index contributed by atoms with van der Waals surface area (Å²) in [5.41, 5.74) is 33.2. The second-order valence-corrected chi connectivity index (χ2v) is 24.9. The summed E-state index contributed by atoms with van der Waals surface area (Å²) in [6.45, 7) is 62.8. The second kappa shape index (κ2) is 23.9. The number of phenolic OH excluding ortho intramolecular Hbond substituents is 1. The lowest BCUT2D eigenvalue weighted by Crippen LogP contribution is -2.16. The van der Waals surface area contributed by atoms with Crippen molar-refractivity contribution in [3.8, 4) is 5.75 Å². The van der Waals surface area contributed by atoms with Crippen LogP contribution in [0.3, 0.4) is 0 Å². The minimum absolute atomic E-state index is 0.155. The fraction of sp³-hybridized carbons (Fsp3) is 0.538. The normalized spacial score (nSPS) is 11.8. The molecule has 5 aromatic rings. The molecule has 0 fully saturated rings. The molecule has 0 saturated carbocycles. The molecule has 0 aliphatic heterocycles. The number of benzene rings is 5. The Morgan fingerprint density at radius 3 is 0.851 bits per heavy atom.